The topological polar surface area (TPSA) is 97.8 Å². The molecule has 2 unspecified atom stereocenters. The molecule has 0 spiro atoms. The number of alkyl halides is 2. The first-order valence-corrected chi connectivity index (χ1v) is 12.8. The number of esters is 1. The monoisotopic (exact) mass is 578 g/mol. The molecule has 0 saturated heterocycles. The fourth-order valence-electron chi connectivity index (χ4n) is 4.42. The van der Waals surface area contributed by atoms with Gasteiger partial charge in [-0.1, -0.05) is 59.6 Å². The van der Waals surface area contributed by atoms with Gasteiger partial charge in [0.15, 0.2) is 17.1 Å². The highest BCUT2D eigenvalue weighted by Crippen LogP contribution is 2.46. The number of carbonyl (C=O) groups is 2. The first kappa shape index (κ1) is 28.6. The van der Waals surface area contributed by atoms with E-state index in [9.17, 15) is 23.5 Å². The van der Waals surface area contributed by atoms with Gasteiger partial charge >= 0.3 is 12.6 Å². The zero-order valence-electron chi connectivity index (χ0n) is 20.7. The summed E-state index contributed by atoms with van der Waals surface area (Å²) in [7, 11) is 0. The molecule has 11 heteroatoms. The second-order valence-electron chi connectivity index (χ2n) is 9.16. The van der Waals surface area contributed by atoms with Gasteiger partial charge in [-0.15, -0.1) is 0 Å². The number of rotatable bonds is 12. The van der Waals surface area contributed by atoms with Crippen molar-refractivity contribution in [2.24, 2.45) is 5.92 Å². The summed E-state index contributed by atoms with van der Waals surface area (Å²) in [5, 5.41) is 13.3. The number of carboxylic acid groups (broad SMARTS) is 1. The lowest BCUT2D eigenvalue weighted by Gasteiger charge is -2.41. The molecule has 2 atom stereocenters. The van der Waals surface area contributed by atoms with Crippen molar-refractivity contribution in [3.05, 3.63) is 87.7 Å². The van der Waals surface area contributed by atoms with Gasteiger partial charge < -0.3 is 24.1 Å². The van der Waals surface area contributed by atoms with Crippen LogP contribution in [0.1, 0.15) is 42.4 Å². The second-order valence-corrected chi connectivity index (χ2v) is 9.97. The first-order chi connectivity index (χ1) is 18.6. The van der Waals surface area contributed by atoms with E-state index in [4.69, 9.17) is 32.7 Å². The van der Waals surface area contributed by atoms with E-state index in [-0.39, 0.29) is 51.6 Å². The first-order valence-electron chi connectivity index (χ1n) is 12.1. The number of halogens is 4. The maximum absolute atomic E-state index is 13.2. The third-order valence-corrected chi connectivity index (χ3v) is 7.07. The molecule has 1 fully saturated rings. The van der Waals surface area contributed by atoms with E-state index in [2.05, 4.69) is 9.72 Å². The molecular weight excluding hydrogens is 555 g/mol. The molecule has 2 aromatic carbocycles. The van der Waals surface area contributed by atoms with Crippen LogP contribution in [-0.2, 0) is 26.3 Å². The highest BCUT2D eigenvalue weighted by molar-refractivity contribution is 6.35. The lowest BCUT2D eigenvalue weighted by Crippen LogP contribution is -2.53. The number of aliphatic carboxylic acids is 1. The molecule has 206 valence electrons. The van der Waals surface area contributed by atoms with Gasteiger partial charge in [0, 0.05) is 30.8 Å². The summed E-state index contributed by atoms with van der Waals surface area (Å²) in [4.78, 5) is 29.4. The summed E-state index contributed by atoms with van der Waals surface area (Å²) >= 11 is 12.8. The Balaban J connectivity index is 1.94. The van der Waals surface area contributed by atoms with Gasteiger partial charge in [-0.3, -0.25) is 9.78 Å². The molecule has 0 aliphatic heterocycles. The minimum absolute atomic E-state index is 0.0141. The summed E-state index contributed by atoms with van der Waals surface area (Å²) in [6, 6.07) is 11.9. The Labute approximate surface area is 233 Å². The standard InChI is InChI=1S/C28H25Cl2F2NO6/c1-16(34)39-28(26(35)36,19-5-3-2-4-6-19)21(12-20-22(29)13-33-14-23(20)30)18-9-10-24(38-27(31)32)25(11-18)37-15-17-7-8-17/h2-6,9-11,13-14,17,21,27H,7-8,12,15H2,1H3,(H,35,36)/p-1. The molecule has 0 radical (unpaired) electrons. The molecule has 1 aliphatic rings. The lowest BCUT2D eigenvalue weighted by atomic mass is 9.73. The molecule has 7 nitrogen and oxygen atoms in total. The Kier molecular flexibility index (Phi) is 8.92. The van der Waals surface area contributed by atoms with Crippen molar-refractivity contribution < 1.29 is 37.7 Å². The van der Waals surface area contributed by atoms with Gasteiger partial charge in [-0.05, 0) is 48.4 Å². The molecule has 1 saturated carbocycles. The number of pyridine rings is 1. The van der Waals surface area contributed by atoms with Gasteiger partial charge in [0.1, 0.15) is 0 Å². The van der Waals surface area contributed by atoms with Crippen LogP contribution in [-0.4, -0.2) is 30.1 Å². The van der Waals surface area contributed by atoms with Crippen LogP contribution in [0.15, 0.2) is 60.9 Å². The van der Waals surface area contributed by atoms with Crippen LogP contribution < -0.4 is 14.6 Å². The van der Waals surface area contributed by atoms with Crippen molar-refractivity contribution in [1.82, 2.24) is 4.98 Å². The van der Waals surface area contributed by atoms with E-state index in [0.717, 1.165) is 19.8 Å². The van der Waals surface area contributed by atoms with Gasteiger partial charge in [0.05, 0.1) is 22.6 Å². The molecule has 1 aliphatic carbocycles. The highest BCUT2D eigenvalue weighted by Gasteiger charge is 2.47. The SMILES string of the molecule is CC(=O)OC(C(=O)[O-])(c1ccccc1)C(Cc1c(Cl)cncc1Cl)c1ccc(OC(F)F)c(OCC2CC2)c1. The summed E-state index contributed by atoms with van der Waals surface area (Å²) in [5.41, 5.74) is -1.66. The third-order valence-electron chi connectivity index (χ3n) is 6.42. The van der Waals surface area contributed by atoms with Gasteiger partial charge in [-0.2, -0.15) is 8.78 Å². The number of hydrogen-bond donors (Lipinski definition) is 0. The number of ether oxygens (including phenoxy) is 3. The van der Waals surface area contributed by atoms with Crippen LogP contribution in [0.4, 0.5) is 8.78 Å². The van der Waals surface area contributed by atoms with E-state index in [1.54, 1.807) is 18.2 Å². The van der Waals surface area contributed by atoms with Gasteiger partial charge in [-0.25, -0.2) is 0 Å². The quantitative estimate of drug-likeness (QED) is 0.268. The highest BCUT2D eigenvalue weighted by atomic mass is 35.5. The Bertz CT molecular complexity index is 1320. The molecule has 39 heavy (non-hydrogen) atoms. The number of carbonyl (C=O) groups excluding carboxylic acids is 2. The van der Waals surface area contributed by atoms with Crippen molar-refractivity contribution >= 4 is 35.1 Å². The number of nitrogens with zero attached hydrogens (tertiary/aromatic N) is 1. The molecule has 4 rings (SSSR count). The smallest absolute Gasteiger partial charge is 0.387 e. The van der Waals surface area contributed by atoms with Crippen molar-refractivity contribution in [2.75, 3.05) is 6.61 Å². The fourth-order valence-corrected chi connectivity index (χ4v) is 4.94. The fraction of sp³-hybridized carbons (Fsp3) is 0.321. The van der Waals surface area contributed by atoms with Crippen LogP contribution in [0.25, 0.3) is 0 Å². The van der Waals surface area contributed by atoms with Crippen molar-refractivity contribution in [3.8, 4) is 11.5 Å². The summed E-state index contributed by atoms with van der Waals surface area (Å²) in [5.74, 6) is -3.76. The average molecular weight is 579 g/mol. The van der Waals surface area contributed by atoms with Crippen LogP contribution in [0, 0.1) is 5.92 Å². The summed E-state index contributed by atoms with van der Waals surface area (Å²) in [6.07, 6.45) is 4.42. The number of hydrogen-bond acceptors (Lipinski definition) is 7. The van der Waals surface area contributed by atoms with Crippen LogP contribution in [0.5, 0.6) is 11.5 Å². The Morgan fingerprint density at radius 1 is 1.08 bits per heavy atom. The predicted molar refractivity (Wildman–Crippen MR) is 137 cm³/mol. The predicted octanol–water partition coefficient (Wildman–Crippen LogP) is 5.31. The Morgan fingerprint density at radius 2 is 1.74 bits per heavy atom. The van der Waals surface area contributed by atoms with Crippen LogP contribution in [0.3, 0.4) is 0 Å². The molecule has 0 bridgehead atoms. The lowest BCUT2D eigenvalue weighted by molar-refractivity contribution is -0.329. The molecule has 1 heterocycles. The minimum atomic E-state index is -3.11. The summed E-state index contributed by atoms with van der Waals surface area (Å²) in [6.45, 7) is -1.77. The normalized spacial score (nSPS) is 15.3. The van der Waals surface area contributed by atoms with E-state index in [1.165, 1.54) is 42.7 Å². The molecule has 3 aromatic rings. The minimum Gasteiger partial charge on any atom is -0.545 e. The maximum Gasteiger partial charge on any atom is 0.387 e. The van der Waals surface area contributed by atoms with Crippen molar-refractivity contribution in [1.29, 1.82) is 0 Å². The number of aromatic nitrogens is 1. The van der Waals surface area contributed by atoms with Gasteiger partial charge in [0.25, 0.3) is 0 Å². The van der Waals surface area contributed by atoms with E-state index < -0.39 is 30.1 Å². The van der Waals surface area contributed by atoms with E-state index >= 15 is 0 Å². The van der Waals surface area contributed by atoms with E-state index in [1.807, 2.05) is 0 Å². The summed E-state index contributed by atoms with van der Waals surface area (Å²) < 4.78 is 42.4. The molecular formula is C28H24Cl2F2NO6-. The Hall–Kier alpha value is -3.43. The molecule has 0 amide bonds. The number of carboxylic acids is 1. The van der Waals surface area contributed by atoms with Crippen LogP contribution in [0.2, 0.25) is 10.0 Å². The maximum atomic E-state index is 13.2. The molecule has 1 aromatic heterocycles. The zero-order chi connectivity index (χ0) is 28.2. The van der Waals surface area contributed by atoms with E-state index in [0.29, 0.717) is 5.56 Å². The second kappa shape index (κ2) is 12.2. The molecule has 0 N–H and O–H groups in total. The third kappa shape index (κ3) is 6.59. The average Bonchev–Trinajstić information content (AvgIpc) is 3.71. The van der Waals surface area contributed by atoms with Crippen molar-refractivity contribution in [2.45, 2.75) is 44.3 Å². The largest absolute Gasteiger partial charge is 0.545 e. The number of benzene rings is 2. The van der Waals surface area contributed by atoms with Crippen molar-refractivity contribution in [3.63, 3.8) is 0 Å². The zero-order valence-corrected chi connectivity index (χ0v) is 22.3. The van der Waals surface area contributed by atoms with Crippen LogP contribution >= 0.6 is 23.2 Å². The Morgan fingerprint density at radius 3 is 2.31 bits per heavy atom. The van der Waals surface area contributed by atoms with Gasteiger partial charge in [0.2, 0.25) is 0 Å².